The molecule has 1 N–H and O–H groups in total. The van der Waals surface area contributed by atoms with Crippen molar-refractivity contribution >= 4 is 17.6 Å². The Morgan fingerprint density at radius 2 is 1.89 bits per heavy atom. The number of nitrogens with zero attached hydrogens (tertiary/aromatic N) is 2. The third-order valence-electron chi connectivity index (χ3n) is 2.82. The predicted octanol–water partition coefficient (Wildman–Crippen LogP) is 3.93. The van der Waals surface area contributed by atoms with E-state index in [0.717, 1.165) is 18.2 Å². The van der Waals surface area contributed by atoms with Gasteiger partial charge in [0.15, 0.2) is 0 Å². The van der Waals surface area contributed by atoms with E-state index in [1.54, 1.807) is 11.8 Å². The van der Waals surface area contributed by atoms with Gasteiger partial charge in [-0.05, 0) is 30.0 Å². The highest BCUT2D eigenvalue weighted by Gasteiger charge is 2.03. The summed E-state index contributed by atoms with van der Waals surface area (Å²) in [6.07, 6.45) is 3.89. The molecule has 4 heteroatoms. The first-order chi connectivity index (χ1) is 9.19. The maximum Gasteiger partial charge on any atom is 0.133 e. The van der Waals surface area contributed by atoms with Gasteiger partial charge in [-0.25, -0.2) is 9.97 Å². The minimum absolute atomic E-state index is 0.350. The van der Waals surface area contributed by atoms with E-state index in [1.807, 2.05) is 12.3 Å². The molecule has 0 unspecified atom stereocenters. The highest BCUT2D eigenvalue weighted by Crippen LogP contribution is 2.16. The highest BCUT2D eigenvalue weighted by molar-refractivity contribution is 7.98. The Balaban J connectivity index is 1.99. The second-order valence-corrected chi connectivity index (χ2v) is 5.54. The Morgan fingerprint density at radius 3 is 2.53 bits per heavy atom. The zero-order chi connectivity index (χ0) is 13.7. The fourth-order valence-electron chi connectivity index (χ4n) is 1.69. The molecule has 0 aliphatic heterocycles. The molecular formula is C15H19N3S. The maximum absolute atomic E-state index is 4.49. The summed E-state index contributed by atoms with van der Waals surface area (Å²) < 4.78 is 0. The lowest BCUT2D eigenvalue weighted by Gasteiger charge is -2.09. The number of thioether (sulfide) groups is 1. The number of benzene rings is 1. The average molecular weight is 273 g/mol. The first-order valence-corrected chi connectivity index (χ1v) is 7.61. The highest BCUT2D eigenvalue weighted by atomic mass is 32.2. The number of aromatic nitrogens is 2. The molecule has 1 heterocycles. The van der Waals surface area contributed by atoms with Crippen LogP contribution in [0.4, 0.5) is 5.82 Å². The lowest BCUT2D eigenvalue weighted by Crippen LogP contribution is -2.04. The van der Waals surface area contributed by atoms with E-state index in [2.05, 4.69) is 59.7 Å². The van der Waals surface area contributed by atoms with E-state index < -0.39 is 0 Å². The van der Waals surface area contributed by atoms with E-state index in [4.69, 9.17) is 0 Å². The summed E-state index contributed by atoms with van der Waals surface area (Å²) in [6, 6.07) is 10.5. The molecule has 0 radical (unpaired) electrons. The second-order valence-electron chi connectivity index (χ2n) is 4.66. The Labute approximate surface area is 118 Å². The van der Waals surface area contributed by atoms with Crippen LogP contribution in [0.5, 0.6) is 0 Å². The summed E-state index contributed by atoms with van der Waals surface area (Å²) in [5.41, 5.74) is 1.25. The largest absolute Gasteiger partial charge is 0.366 e. The van der Waals surface area contributed by atoms with Crippen LogP contribution >= 0.6 is 11.8 Å². The van der Waals surface area contributed by atoms with Gasteiger partial charge < -0.3 is 5.32 Å². The number of nitrogens with one attached hydrogen (secondary N) is 1. The van der Waals surface area contributed by atoms with Gasteiger partial charge in [-0.2, -0.15) is 0 Å². The third-order valence-corrected chi connectivity index (χ3v) is 3.57. The van der Waals surface area contributed by atoms with Crippen LogP contribution in [-0.2, 0) is 6.54 Å². The fraction of sp³-hybridized carbons (Fsp3) is 0.333. The van der Waals surface area contributed by atoms with Crippen molar-refractivity contribution in [1.29, 1.82) is 0 Å². The molecule has 19 heavy (non-hydrogen) atoms. The van der Waals surface area contributed by atoms with E-state index in [0.29, 0.717) is 5.92 Å². The summed E-state index contributed by atoms with van der Waals surface area (Å²) >= 11 is 1.76. The maximum atomic E-state index is 4.49. The first-order valence-electron chi connectivity index (χ1n) is 6.39. The summed E-state index contributed by atoms with van der Waals surface area (Å²) in [4.78, 5) is 10.0. The monoisotopic (exact) mass is 273 g/mol. The number of anilines is 1. The molecule has 0 atom stereocenters. The predicted molar refractivity (Wildman–Crippen MR) is 81.7 cm³/mol. The van der Waals surface area contributed by atoms with Gasteiger partial charge in [-0.1, -0.05) is 26.0 Å². The molecule has 0 saturated heterocycles. The van der Waals surface area contributed by atoms with Gasteiger partial charge in [-0.15, -0.1) is 11.8 Å². The van der Waals surface area contributed by atoms with Gasteiger partial charge in [-0.3, -0.25) is 0 Å². The van der Waals surface area contributed by atoms with Crippen LogP contribution in [0.3, 0.4) is 0 Å². The zero-order valence-electron chi connectivity index (χ0n) is 11.6. The van der Waals surface area contributed by atoms with E-state index in [1.165, 1.54) is 10.5 Å². The van der Waals surface area contributed by atoms with Crippen molar-refractivity contribution in [2.45, 2.75) is 31.2 Å². The van der Waals surface area contributed by atoms with Crippen molar-refractivity contribution in [1.82, 2.24) is 9.97 Å². The molecule has 0 aliphatic rings. The average Bonchev–Trinajstić information content (AvgIpc) is 2.46. The molecule has 1 aromatic heterocycles. The smallest absolute Gasteiger partial charge is 0.133 e. The Hall–Kier alpha value is -1.55. The third kappa shape index (κ3) is 3.96. The molecular weight excluding hydrogens is 254 g/mol. The Morgan fingerprint density at radius 1 is 1.16 bits per heavy atom. The van der Waals surface area contributed by atoms with Gasteiger partial charge >= 0.3 is 0 Å². The van der Waals surface area contributed by atoms with Crippen molar-refractivity contribution in [3.8, 4) is 0 Å². The van der Waals surface area contributed by atoms with E-state index in [9.17, 15) is 0 Å². The van der Waals surface area contributed by atoms with Crippen LogP contribution in [0, 0.1) is 0 Å². The fourth-order valence-corrected chi connectivity index (χ4v) is 2.09. The molecule has 100 valence electrons. The van der Waals surface area contributed by atoms with Crippen molar-refractivity contribution < 1.29 is 0 Å². The minimum atomic E-state index is 0.350. The molecule has 0 bridgehead atoms. The molecule has 0 spiro atoms. The summed E-state index contributed by atoms with van der Waals surface area (Å²) in [7, 11) is 0. The first kappa shape index (κ1) is 13.9. The second kappa shape index (κ2) is 6.57. The van der Waals surface area contributed by atoms with Gasteiger partial charge in [0.2, 0.25) is 0 Å². The summed E-state index contributed by atoms with van der Waals surface area (Å²) in [5.74, 6) is 2.11. The van der Waals surface area contributed by atoms with Gasteiger partial charge in [0.1, 0.15) is 11.6 Å². The van der Waals surface area contributed by atoms with Gasteiger partial charge in [0.25, 0.3) is 0 Å². The van der Waals surface area contributed by atoms with Crippen LogP contribution in [-0.4, -0.2) is 16.2 Å². The Bertz CT molecular complexity index is 523. The normalized spacial score (nSPS) is 10.7. The van der Waals surface area contributed by atoms with Crippen LogP contribution in [0.1, 0.15) is 31.2 Å². The molecule has 0 aliphatic carbocycles. The van der Waals surface area contributed by atoms with Gasteiger partial charge in [0, 0.05) is 23.6 Å². The molecule has 3 nitrogen and oxygen atoms in total. The van der Waals surface area contributed by atoms with Crippen molar-refractivity contribution in [3.63, 3.8) is 0 Å². The van der Waals surface area contributed by atoms with Crippen LogP contribution in [0.15, 0.2) is 41.4 Å². The van der Waals surface area contributed by atoms with Gasteiger partial charge in [0.05, 0.1) is 0 Å². The minimum Gasteiger partial charge on any atom is -0.366 e. The number of hydrogen-bond acceptors (Lipinski definition) is 4. The molecule has 0 fully saturated rings. The quantitative estimate of drug-likeness (QED) is 0.838. The zero-order valence-corrected chi connectivity index (χ0v) is 12.4. The molecule has 2 aromatic rings. The number of hydrogen-bond donors (Lipinski definition) is 1. The van der Waals surface area contributed by atoms with Crippen molar-refractivity contribution in [2.24, 2.45) is 0 Å². The summed E-state index contributed by atoms with van der Waals surface area (Å²) in [5, 5.41) is 3.34. The van der Waals surface area contributed by atoms with E-state index >= 15 is 0 Å². The summed E-state index contributed by atoms with van der Waals surface area (Å²) in [6.45, 7) is 4.98. The topological polar surface area (TPSA) is 37.8 Å². The van der Waals surface area contributed by atoms with Crippen molar-refractivity contribution in [3.05, 3.63) is 47.9 Å². The lowest BCUT2D eigenvalue weighted by molar-refractivity contribution is 0.774. The lowest BCUT2D eigenvalue weighted by atomic mass is 10.2. The van der Waals surface area contributed by atoms with Crippen molar-refractivity contribution in [2.75, 3.05) is 11.6 Å². The molecule has 1 aromatic carbocycles. The van der Waals surface area contributed by atoms with E-state index in [-0.39, 0.29) is 0 Å². The molecule has 0 saturated carbocycles. The number of rotatable bonds is 5. The standard InChI is InChI=1S/C15H19N3S/c1-11(2)15-16-9-8-14(18-15)17-10-12-4-6-13(19-3)7-5-12/h4-9,11H,10H2,1-3H3,(H,16,17,18). The van der Waals surface area contributed by atoms with Crippen LogP contribution in [0.25, 0.3) is 0 Å². The SMILES string of the molecule is CSc1ccc(CNc2ccnc(C(C)C)n2)cc1. The molecule has 2 rings (SSSR count). The Kier molecular flexibility index (Phi) is 4.80. The molecule has 0 amide bonds. The van der Waals surface area contributed by atoms with Crippen LogP contribution < -0.4 is 5.32 Å². The van der Waals surface area contributed by atoms with Crippen LogP contribution in [0.2, 0.25) is 0 Å².